The van der Waals surface area contributed by atoms with Crippen LogP contribution in [0.4, 0.5) is 5.69 Å². The van der Waals surface area contributed by atoms with Crippen LogP contribution in [0.2, 0.25) is 10.0 Å². The van der Waals surface area contributed by atoms with Crippen LogP contribution < -0.4 is 14.4 Å². The van der Waals surface area contributed by atoms with Gasteiger partial charge in [-0.2, -0.15) is 0 Å². The van der Waals surface area contributed by atoms with Crippen LogP contribution in [-0.2, 0) is 32.6 Å². The molecule has 4 rings (SSSR count). The van der Waals surface area contributed by atoms with E-state index in [4.69, 9.17) is 27.9 Å². The topological polar surface area (TPSA) is 96.0 Å². The number of aryl methyl sites for hydroxylation is 1. The molecule has 0 spiro atoms. The first-order chi connectivity index (χ1) is 21.0. The van der Waals surface area contributed by atoms with Gasteiger partial charge in [0.05, 0.1) is 27.7 Å². The molecule has 4 aromatic rings. The van der Waals surface area contributed by atoms with Crippen molar-refractivity contribution in [1.29, 1.82) is 0 Å². The van der Waals surface area contributed by atoms with Crippen LogP contribution in [0, 0.1) is 6.92 Å². The molecule has 11 heteroatoms. The van der Waals surface area contributed by atoms with Gasteiger partial charge < -0.3 is 15.0 Å². The Balaban J connectivity index is 1.81. The lowest BCUT2D eigenvalue weighted by Crippen LogP contribution is -2.53. The van der Waals surface area contributed by atoms with Crippen molar-refractivity contribution >= 4 is 50.7 Å². The summed E-state index contributed by atoms with van der Waals surface area (Å²) in [5, 5.41) is 3.29. The van der Waals surface area contributed by atoms with E-state index < -0.39 is 34.4 Å². The number of carbonyl (C=O) groups excluding carboxylic acids is 2. The fourth-order valence-electron chi connectivity index (χ4n) is 4.69. The lowest BCUT2D eigenvalue weighted by atomic mass is 10.0. The third-order valence-corrected chi connectivity index (χ3v) is 9.61. The zero-order chi connectivity index (χ0) is 31.9. The highest BCUT2D eigenvalue weighted by atomic mass is 35.5. The summed E-state index contributed by atoms with van der Waals surface area (Å²) in [6.07, 6.45) is 0.192. The molecular weight excluding hydrogens is 621 g/mol. The Morgan fingerprint density at radius 3 is 2.20 bits per heavy atom. The second kappa shape index (κ2) is 14.6. The van der Waals surface area contributed by atoms with Gasteiger partial charge in [-0.15, -0.1) is 0 Å². The number of nitrogens with zero attached hydrogens (tertiary/aromatic N) is 2. The van der Waals surface area contributed by atoms with Gasteiger partial charge in [0.25, 0.3) is 10.0 Å². The van der Waals surface area contributed by atoms with Crippen LogP contribution >= 0.6 is 23.2 Å². The standard InChI is InChI=1S/C33H33Cl2N3O5S/c1-23-12-15-28(16-13-23)44(41,42)38(26-10-7-11-27(20-26)43-3)22-32(39)37(21-25-14-17-29(34)30(35)18-25)31(33(40)36-2)19-24-8-5-4-6-9-24/h4-18,20,31H,19,21-22H2,1-3H3,(H,36,40)/t31-/m0/s1. The van der Waals surface area contributed by atoms with Crippen LogP contribution in [0.25, 0.3) is 0 Å². The van der Waals surface area contributed by atoms with Gasteiger partial charge in [0.15, 0.2) is 0 Å². The molecule has 230 valence electrons. The highest BCUT2D eigenvalue weighted by Gasteiger charge is 2.34. The zero-order valence-electron chi connectivity index (χ0n) is 24.5. The first-order valence-corrected chi connectivity index (χ1v) is 16.0. The molecule has 0 bridgehead atoms. The summed E-state index contributed by atoms with van der Waals surface area (Å²) in [6.45, 7) is 1.23. The maximum Gasteiger partial charge on any atom is 0.264 e. The number of carbonyl (C=O) groups is 2. The fourth-order valence-corrected chi connectivity index (χ4v) is 6.41. The van der Waals surface area contributed by atoms with Crippen molar-refractivity contribution in [2.24, 2.45) is 0 Å². The predicted octanol–water partition coefficient (Wildman–Crippen LogP) is 5.89. The van der Waals surface area contributed by atoms with Gasteiger partial charge in [0.1, 0.15) is 18.3 Å². The number of likely N-dealkylation sites (N-methyl/N-ethyl adjacent to an activating group) is 1. The second-order valence-corrected chi connectivity index (χ2v) is 12.8. The molecule has 0 saturated heterocycles. The highest BCUT2D eigenvalue weighted by molar-refractivity contribution is 7.92. The van der Waals surface area contributed by atoms with Gasteiger partial charge >= 0.3 is 0 Å². The minimum Gasteiger partial charge on any atom is -0.497 e. The number of ether oxygens (including phenoxy) is 1. The Hall–Kier alpha value is -4.05. The van der Waals surface area contributed by atoms with Crippen molar-refractivity contribution in [1.82, 2.24) is 10.2 Å². The molecule has 0 aliphatic carbocycles. The van der Waals surface area contributed by atoms with Gasteiger partial charge in [-0.25, -0.2) is 8.42 Å². The Bertz CT molecular complexity index is 1720. The molecule has 44 heavy (non-hydrogen) atoms. The number of methoxy groups -OCH3 is 1. The van der Waals surface area contributed by atoms with Crippen LogP contribution in [0.1, 0.15) is 16.7 Å². The van der Waals surface area contributed by atoms with Crippen molar-refractivity contribution in [3.8, 4) is 5.75 Å². The first-order valence-electron chi connectivity index (χ1n) is 13.8. The minimum atomic E-state index is -4.23. The zero-order valence-corrected chi connectivity index (χ0v) is 26.9. The van der Waals surface area contributed by atoms with Crippen LogP contribution in [0.5, 0.6) is 5.75 Å². The van der Waals surface area contributed by atoms with Crippen molar-refractivity contribution < 1.29 is 22.7 Å². The number of hydrogen-bond donors (Lipinski definition) is 1. The average molecular weight is 655 g/mol. The second-order valence-electron chi connectivity index (χ2n) is 10.1. The van der Waals surface area contributed by atoms with E-state index >= 15 is 0 Å². The van der Waals surface area contributed by atoms with Gasteiger partial charge in [-0.1, -0.05) is 83.4 Å². The quantitative estimate of drug-likeness (QED) is 0.206. The summed E-state index contributed by atoms with van der Waals surface area (Å²) in [5.41, 5.74) is 2.55. The van der Waals surface area contributed by atoms with E-state index in [2.05, 4.69) is 5.32 Å². The normalized spacial score (nSPS) is 11.8. The number of amides is 2. The maximum atomic E-state index is 14.4. The van der Waals surface area contributed by atoms with Gasteiger partial charge in [0.2, 0.25) is 11.8 Å². The maximum absolute atomic E-state index is 14.4. The third-order valence-electron chi connectivity index (χ3n) is 7.08. The summed E-state index contributed by atoms with van der Waals surface area (Å²) >= 11 is 12.4. The average Bonchev–Trinajstić information content (AvgIpc) is 3.03. The molecule has 0 fully saturated rings. The van der Waals surface area contributed by atoms with Crippen LogP contribution in [0.3, 0.4) is 0 Å². The lowest BCUT2D eigenvalue weighted by molar-refractivity contribution is -0.139. The smallest absolute Gasteiger partial charge is 0.264 e. The number of hydrogen-bond acceptors (Lipinski definition) is 5. The third kappa shape index (κ3) is 7.91. The number of benzene rings is 4. The molecule has 8 nitrogen and oxygen atoms in total. The highest BCUT2D eigenvalue weighted by Crippen LogP contribution is 2.29. The SMILES string of the molecule is CNC(=O)[C@H](Cc1ccccc1)N(Cc1ccc(Cl)c(Cl)c1)C(=O)CN(c1cccc(OC)c1)S(=O)(=O)c1ccc(C)cc1. The number of sulfonamides is 1. The molecule has 0 aliphatic heterocycles. The molecular formula is C33H33Cl2N3O5S. The van der Waals surface area contributed by atoms with Crippen molar-refractivity contribution in [2.45, 2.75) is 30.8 Å². The lowest BCUT2D eigenvalue weighted by Gasteiger charge is -2.33. The Morgan fingerprint density at radius 2 is 1.57 bits per heavy atom. The van der Waals surface area contributed by atoms with Crippen molar-refractivity contribution in [3.63, 3.8) is 0 Å². The number of anilines is 1. The molecule has 0 saturated carbocycles. The fraction of sp³-hybridized carbons (Fsp3) is 0.212. The minimum absolute atomic E-state index is 0.0156. The molecule has 0 aliphatic rings. The van der Waals surface area contributed by atoms with Crippen molar-refractivity contribution in [2.75, 3.05) is 25.0 Å². The summed E-state index contributed by atoms with van der Waals surface area (Å²) in [7, 11) is -1.26. The molecule has 0 unspecified atom stereocenters. The van der Waals surface area contributed by atoms with E-state index in [9.17, 15) is 18.0 Å². The van der Waals surface area contributed by atoms with E-state index in [0.717, 1.165) is 15.4 Å². The first kappa shape index (κ1) is 32.9. The van der Waals surface area contributed by atoms with E-state index in [1.54, 1.807) is 54.6 Å². The van der Waals surface area contributed by atoms with Gasteiger partial charge in [-0.05, 0) is 54.4 Å². The van der Waals surface area contributed by atoms with E-state index in [-0.39, 0.29) is 28.6 Å². The molecule has 0 aromatic heterocycles. The summed E-state index contributed by atoms with van der Waals surface area (Å²) in [4.78, 5) is 29.1. The number of rotatable bonds is 12. The van der Waals surface area contributed by atoms with E-state index in [1.165, 1.54) is 31.2 Å². The largest absolute Gasteiger partial charge is 0.497 e. The predicted molar refractivity (Wildman–Crippen MR) is 174 cm³/mol. The van der Waals surface area contributed by atoms with Crippen molar-refractivity contribution in [3.05, 3.63) is 124 Å². The number of halogens is 2. The van der Waals surface area contributed by atoms with Gasteiger partial charge in [0, 0.05) is 26.1 Å². The molecule has 1 atom stereocenters. The molecule has 2 amide bonds. The molecule has 4 aromatic carbocycles. The summed E-state index contributed by atoms with van der Waals surface area (Å²) in [6, 6.07) is 26.1. The van der Waals surface area contributed by atoms with Gasteiger partial charge in [-0.3, -0.25) is 13.9 Å². The summed E-state index contributed by atoms with van der Waals surface area (Å²) < 4.78 is 34.6. The van der Waals surface area contributed by atoms with E-state index in [1.807, 2.05) is 37.3 Å². The van der Waals surface area contributed by atoms with Crippen LogP contribution in [0.15, 0.2) is 102 Å². The Kier molecular flexibility index (Phi) is 10.9. The van der Waals surface area contributed by atoms with E-state index in [0.29, 0.717) is 16.3 Å². The molecule has 0 radical (unpaired) electrons. The number of nitrogens with one attached hydrogen (secondary N) is 1. The molecule has 0 heterocycles. The summed E-state index contributed by atoms with van der Waals surface area (Å²) in [5.74, 6) is -0.588. The monoisotopic (exact) mass is 653 g/mol. The Labute approximate surface area is 268 Å². The Morgan fingerprint density at radius 1 is 0.864 bits per heavy atom. The van der Waals surface area contributed by atoms with Crippen LogP contribution in [-0.4, -0.2) is 51.9 Å². The molecule has 1 N–H and O–H groups in total.